The number of likely N-dealkylation sites (tertiary alicyclic amines) is 2. The smallest absolute Gasteiger partial charge is 0.0192 e. The first-order valence-corrected chi connectivity index (χ1v) is 8.62. The van der Waals surface area contributed by atoms with Gasteiger partial charge in [-0.05, 0) is 72.5 Å². The molecule has 0 saturated carbocycles. The molecule has 2 aliphatic heterocycles. The molecule has 2 fully saturated rings. The molecule has 3 heteroatoms. The maximum Gasteiger partial charge on any atom is 0.0192 e. The molecule has 2 aliphatic rings. The molecule has 1 N–H and O–H groups in total. The van der Waals surface area contributed by atoms with Crippen LogP contribution in [0.25, 0.3) is 0 Å². The van der Waals surface area contributed by atoms with Crippen LogP contribution in [0.1, 0.15) is 53.4 Å². The van der Waals surface area contributed by atoms with E-state index in [1.165, 1.54) is 45.3 Å². The lowest BCUT2D eigenvalue weighted by molar-refractivity contribution is 0.0222. The van der Waals surface area contributed by atoms with E-state index in [2.05, 4.69) is 49.9 Å². The van der Waals surface area contributed by atoms with E-state index in [0.29, 0.717) is 6.04 Å². The second-order valence-corrected chi connectivity index (χ2v) is 7.70. The molecule has 3 nitrogen and oxygen atoms in total. The van der Waals surface area contributed by atoms with E-state index in [4.69, 9.17) is 0 Å². The van der Waals surface area contributed by atoms with Crippen molar-refractivity contribution < 1.29 is 0 Å². The van der Waals surface area contributed by atoms with Crippen LogP contribution in [-0.4, -0.2) is 60.6 Å². The molecule has 2 saturated heterocycles. The first-order valence-electron chi connectivity index (χ1n) is 8.62. The molecule has 3 atom stereocenters. The van der Waals surface area contributed by atoms with E-state index in [0.717, 1.165) is 18.5 Å². The Kier molecular flexibility index (Phi) is 5.49. The van der Waals surface area contributed by atoms with Gasteiger partial charge < -0.3 is 10.2 Å². The van der Waals surface area contributed by atoms with Crippen LogP contribution >= 0.6 is 0 Å². The normalized spacial score (nSPS) is 31.1. The standard InChI is InChI=1S/C17H35N3/c1-6-17(3,4)18-12-14(2)20-11-9-16-15(13-20)8-7-10-19(16)5/h14-16,18H,6-13H2,1-5H3. The van der Waals surface area contributed by atoms with Crippen molar-refractivity contribution >= 4 is 0 Å². The van der Waals surface area contributed by atoms with Crippen molar-refractivity contribution in [1.29, 1.82) is 0 Å². The number of hydrogen-bond donors (Lipinski definition) is 1. The molecule has 0 aromatic carbocycles. The average Bonchev–Trinajstić information content (AvgIpc) is 2.45. The van der Waals surface area contributed by atoms with Crippen molar-refractivity contribution in [2.45, 2.75) is 71.0 Å². The fraction of sp³-hybridized carbons (Fsp3) is 1.00. The molecule has 0 aliphatic carbocycles. The Morgan fingerprint density at radius 1 is 1.25 bits per heavy atom. The summed E-state index contributed by atoms with van der Waals surface area (Å²) in [6, 6.07) is 1.52. The lowest BCUT2D eigenvalue weighted by Crippen LogP contribution is -2.56. The van der Waals surface area contributed by atoms with Gasteiger partial charge in [-0.15, -0.1) is 0 Å². The SMILES string of the molecule is CCC(C)(C)NCC(C)N1CCC2C(CCCN2C)C1. The number of fused-ring (bicyclic) bond motifs is 1. The number of rotatable bonds is 5. The molecular formula is C17H35N3. The minimum absolute atomic E-state index is 0.275. The predicted molar refractivity (Wildman–Crippen MR) is 87.2 cm³/mol. The Morgan fingerprint density at radius 2 is 2.00 bits per heavy atom. The van der Waals surface area contributed by atoms with E-state index in [1.807, 2.05) is 0 Å². The van der Waals surface area contributed by atoms with Gasteiger partial charge in [-0.3, -0.25) is 4.90 Å². The Labute approximate surface area is 126 Å². The van der Waals surface area contributed by atoms with Crippen LogP contribution in [0.4, 0.5) is 0 Å². The highest BCUT2D eigenvalue weighted by molar-refractivity contribution is 4.91. The quantitative estimate of drug-likeness (QED) is 0.835. The number of nitrogens with one attached hydrogen (secondary N) is 1. The molecule has 3 unspecified atom stereocenters. The second kappa shape index (κ2) is 6.76. The maximum atomic E-state index is 3.73. The largest absolute Gasteiger partial charge is 0.310 e. The Balaban J connectivity index is 1.82. The molecule has 0 aromatic heterocycles. The van der Waals surface area contributed by atoms with E-state index < -0.39 is 0 Å². The highest BCUT2D eigenvalue weighted by atomic mass is 15.2. The Hall–Kier alpha value is -0.120. The van der Waals surface area contributed by atoms with Gasteiger partial charge in [-0.25, -0.2) is 0 Å². The number of hydrogen-bond acceptors (Lipinski definition) is 3. The molecule has 2 rings (SSSR count). The van der Waals surface area contributed by atoms with Gasteiger partial charge in [0.1, 0.15) is 0 Å². The van der Waals surface area contributed by atoms with Crippen molar-refractivity contribution in [2.24, 2.45) is 5.92 Å². The third-order valence-electron chi connectivity index (χ3n) is 5.76. The lowest BCUT2D eigenvalue weighted by atomic mass is 9.83. The highest BCUT2D eigenvalue weighted by Gasteiger charge is 2.35. The van der Waals surface area contributed by atoms with Crippen molar-refractivity contribution in [1.82, 2.24) is 15.1 Å². The van der Waals surface area contributed by atoms with Crippen LogP contribution in [0, 0.1) is 5.92 Å². The first kappa shape index (κ1) is 16.3. The summed E-state index contributed by atoms with van der Waals surface area (Å²) in [7, 11) is 2.32. The molecule has 2 heterocycles. The van der Waals surface area contributed by atoms with Crippen LogP contribution in [0.3, 0.4) is 0 Å². The third kappa shape index (κ3) is 3.96. The van der Waals surface area contributed by atoms with Gasteiger partial charge >= 0.3 is 0 Å². The zero-order valence-electron chi connectivity index (χ0n) is 14.3. The fourth-order valence-corrected chi connectivity index (χ4v) is 3.76. The van der Waals surface area contributed by atoms with E-state index in [9.17, 15) is 0 Å². The van der Waals surface area contributed by atoms with Gasteiger partial charge in [-0.1, -0.05) is 6.92 Å². The number of piperidine rings is 2. The molecule has 0 bridgehead atoms. The van der Waals surface area contributed by atoms with Crippen LogP contribution in [0.15, 0.2) is 0 Å². The lowest BCUT2D eigenvalue weighted by Gasteiger charge is -2.47. The predicted octanol–water partition coefficient (Wildman–Crippen LogP) is 2.57. The zero-order chi connectivity index (χ0) is 14.8. The van der Waals surface area contributed by atoms with Crippen LogP contribution in [0.5, 0.6) is 0 Å². The van der Waals surface area contributed by atoms with Gasteiger partial charge in [0.2, 0.25) is 0 Å². The van der Waals surface area contributed by atoms with Crippen molar-refractivity contribution in [3.63, 3.8) is 0 Å². The van der Waals surface area contributed by atoms with Crippen LogP contribution in [-0.2, 0) is 0 Å². The molecule has 0 radical (unpaired) electrons. The molecule has 118 valence electrons. The summed E-state index contributed by atoms with van der Waals surface area (Å²) in [4.78, 5) is 5.33. The molecule has 20 heavy (non-hydrogen) atoms. The highest BCUT2D eigenvalue weighted by Crippen LogP contribution is 2.30. The van der Waals surface area contributed by atoms with Gasteiger partial charge in [0.15, 0.2) is 0 Å². The summed E-state index contributed by atoms with van der Waals surface area (Å²) in [5.41, 5.74) is 0.275. The monoisotopic (exact) mass is 281 g/mol. The fourth-order valence-electron chi connectivity index (χ4n) is 3.76. The van der Waals surface area contributed by atoms with E-state index in [1.54, 1.807) is 0 Å². The Morgan fingerprint density at radius 3 is 2.70 bits per heavy atom. The third-order valence-corrected chi connectivity index (χ3v) is 5.76. The van der Waals surface area contributed by atoms with Crippen molar-refractivity contribution in [2.75, 3.05) is 33.2 Å². The van der Waals surface area contributed by atoms with Crippen LogP contribution in [0.2, 0.25) is 0 Å². The van der Waals surface area contributed by atoms with Gasteiger partial charge in [0.25, 0.3) is 0 Å². The molecule has 0 amide bonds. The van der Waals surface area contributed by atoms with Crippen molar-refractivity contribution in [3.8, 4) is 0 Å². The summed E-state index contributed by atoms with van der Waals surface area (Å²) in [6.45, 7) is 14.3. The van der Waals surface area contributed by atoms with Crippen LogP contribution < -0.4 is 5.32 Å². The van der Waals surface area contributed by atoms with E-state index >= 15 is 0 Å². The second-order valence-electron chi connectivity index (χ2n) is 7.70. The average molecular weight is 281 g/mol. The summed E-state index contributed by atoms with van der Waals surface area (Å²) < 4.78 is 0. The molecule has 0 spiro atoms. The summed E-state index contributed by atoms with van der Waals surface area (Å²) >= 11 is 0. The maximum absolute atomic E-state index is 3.73. The summed E-state index contributed by atoms with van der Waals surface area (Å²) in [5, 5.41) is 3.73. The molecular weight excluding hydrogens is 246 g/mol. The summed E-state index contributed by atoms with van der Waals surface area (Å²) in [6.07, 6.45) is 5.38. The summed E-state index contributed by atoms with van der Waals surface area (Å²) in [5.74, 6) is 0.907. The van der Waals surface area contributed by atoms with E-state index in [-0.39, 0.29) is 5.54 Å². The topological polar surface area (TPSA) is 18.5 Å². The van der Waals surface area contributed by atoms with Crippen molar-refractivity contribution in [3.05, 3.63) is 0 Å². The number of nitrogens with zero attached hydrogens (tertiary/aromatic N) is 2. The van der Waals surface area contributed by atoms with Gasteiger partial charge in [-0.2, -0.15) is 0 Å². The first-order chi connectivity index (χ1) is 9.43. The zero-order valence-corrected chi connectivity index (χ0v) is 14.3. The minimum atomic E-state index is 0.275. The molecule has 0 aromatic rings. The Bertz CT molecular complexity index is 303. The van der Waals surface area contributed by atoms with Gasteiger partial charge in [0, 0.05) is 30.7 Å². The minimum Gasteiger partial charge on any atom is -0.310 e. The van der Waals surface area contributed by atoms with Gasteiger partial charge in [0.05, 0.1) is 0 Å².